The summed E-state index contributed by atoms with van der Waals surface area (Å²) >= 11 is 5.88. The zero-order valence-electron chi connectivity index (χ0n) is 15.9. The molecule has 1 aliphatic heterocycles. The minimum Gasteiger partial charge on any atom is -0.497 e. The fourth-order valence-electron chi connectivity index (χ4n) is 3.05. The molecule has 0 bridgehead atoms. The molecule has 0 saturated carbocycles. The fraction of sp³-hybridized carbons (Fsp3) is 0.333. The number of halogens is 1. The van der Waals surface area contributed by atoms with Gasteiger partial charge in [-0.15, -0.1) is 0 Å². The van der Waals surface area contributed by atoms with Gasteiger partial charge < -0.3 is 19.1 Å². The molecule has 28 heavy (non-hydrogen) atoms. The van der Waals surface area contributed by atoms with Crippen molar-refractivity contribution in [1.82, 2.24) is 4.98 Å². The highest BCUT2D eigenvalue weighted by atomic mass is 35.5. The molecule has 0 radical (unpaired) electrons. The second-order valence-corrected chi connectivity index (χ2v) is 6.87. The van der Waals surface area contributed by atoms with E-state index in [0.717, 1.165) is 37.3 Å². The number of nitrogens with zero attached hydrogens (tertiary/aromatic N) is 2. The lowest BCUT2D eigenvalue weighted by molar-refractivity contribution is -0.143. The summed E-state index contributed by atoms with van der Waals surface area (Å²) in [6.45, 7) is 1.56. The third kappa shape index (κ3) is 5.39. The third-order valence-electron chi connectivity index (χ3n) is 4.55. The Morgan fingerprint density at radius 1 is 1.14 bits per heavy atom. The smallest absolute Gasteiger partial charge is 0.331 e. The number of hydrogen-bond donors (Lipinski definition) is 0. The van der Waals surface area contributed by atoms with Crippen LogP contribution in [0.15, 0.2) is 42.6 Å². The summed E-state index contributed by atoms with van der Waals surface area (Å²) in [5, 5.41) is 0.619. The summed E-state index contributed by atoms with van der Waals surface area (Å²) in [4.78, 5) is 18.7. The van der Waals surface area contributed by atoms with Crippen molar-refractivity contribution < 1.29 is 19.0 Å². The van der Waals surface area contributed by atoms with Gasteiger partial charge in [0.2, 0.25) is 0 Å². The molecule has 0 spiro atoms. The molecule has 1 saturated heterocycles. The Morgan fingerprint density at radius 2 is 1.82 bits per heavy atom. The maximum absolute atomic E-state index is 12.2. The number of anilines is 1. The van der Waals surface area contributed by atoms with Gasteiger partial charge in [0.15, 0.2) is 0 Å². The Hall–Kier alpha value is -2.73. The average Bonchev–Trinajstić information content (AvgIpc) is 2.73. The molecule has 1 aromatic heterocycles. The highest BCUT2D eigenvalue weighted by Crippen LogP contribution is 2.24. The van der Waals surface area contributed by atoms with Crippen molar-refractivity contribution in [2.75, 3.05) is 32.2 Å². The standard InChI is InChI=1S/C21H23ClN2O4/c1-26-18-11-15(12-19(13-18)27-2)3-6-21(25)28-17-7-9-24(10-8-17)20-5-4-16(22)14-23-20/h3-6,11-14,17H,7-10H2,1-2H3/b6-3+. The molecule has 148 valence electrons. The SMILES string of the molecule is COc1cc(/C=C/C(=O)OC2CCN(c3ccc(Cl)cn3)CC2)cc(OC)c1. The molecule has 3 rings (SSSR count). The highest BCUT2D eigenvalue weighted by molar-refractivity contribution is 6.30. The van der Waals surface area contributed by atoms with Crippen LogP contribution in [0.2, 0.25) is 5.02 Å². The average molecular weight is 403 g/mol. The lowest BCUT2D eigenvalue weighted by Gasteiger charge is -2.32. The number of hydrogen-bond acceptors (Lipinski definition) is 6. The molecule has 2 aromatic rings. The first kappa shape index (κ1) is 20.0. The van der Waals surface area contributed by atoms with Crippen LogP contribution in [0.1, 0.15) is 18.4 Å². The first-order chi connectivity index (χ1) is 13.6. The van der Waals surface area contributed by atoms with E-state index in [1.54, 1.807) is 32.6 Å². The van der Waals surface area contributed by atoms with E-state index < -0.39 is 0 Å². The normalized spacial score (nSPS) is 14.9. The third-order valence-corrected chi connectivity index (χ3v) is 4.77. The Kier molecular flexibility index (Phi) is 6.76. The molecule has 0 atom stereocenters. The van der Waals surface area contributed by atoms with Crippen molar-refractivity contribution in [2.24, 2.45) is 0 Å². The summed E-state index contributed by atoms with van der Waals surface area (Å²) in [6, 6.07) is 9.15. The number of esters is 1. The summed E-state index contributed by atoms with van der Waals surface area (Å²) in [5.41, 5.74) is 0.803. The second kappa shape index (κ2) is 9.46. The topological polar surface area (TPSA) is 60.9 Å². The number of carbonyl (C=O) groups is 1. The van der Waals surface area contributed by atoms with E-state index >= 15 is 0 Å². The van der Waals surface area contributed by atoms with Gasteiger partial charge in [-0.25, -0.2) is 9.78 Å². The molecule has 0 aliphatic carbocycles. The number of aromatic nitrogens is 1. The zero-order valence-corrected chi connectivity index (χ0v) is 16.7. The van der Waals surface area contributed by atoms with Gasteiger partial charge in [0.05, 0.1) is 19.2 Å². The van der Waals surface area contributed by atoms with E-state index in [1.807, 2.05) is 24.3 Å². The van der Waals surface area contributed by atoms with Gasteiger partial charge in [-0.1, -0.05) is 11.6 Å². The van der Waals surface area contributed by atoms with Crippen LogP contribution in [-0.4, -0.2) is 44.4 Å². The van der Waals surface area contributed by atoms with Crippen LogP contribution in [-0.2, 0) is 9.53 Å². The first-order valence-corrected chi connectivity index (χ1v) is 9.43. The Labute approximate surface area is 169 Å². The van der Waals surface area contributed by atoms with E-state index in [4.69, 9.17) is 25.8 Å². The summed E-state index contributed by atoms with van der Waals surface area (Å²) < 4.78 is 16.0. The van der Waals surface area contributed by atoms with Gasteiger partial charge in [0.1, 0.15) is 23.4 Å². The maximum atomic E-state index is 12.2. The van der Waals surface area contributed by atoms with Gasteiger partial charge in [-0.05, 0) is 35.9 Å². The lowest BCUT2D eigenvalue weighted by atomic mass is 10.1. The molecule has 1 fully saturated rings. The first-order valence-electron chi connectivity index (χ1n) is 9.05. The van der Waals surface area contributed by atoms with Crippen molar-refractivity contribution in [3.8, 4) is 11.5 Å². The minimum atomic E-state index is -0.357. The molecule has 7 heteroatoms. The van der Waals surface area contributed by atoms with E-state index in [9.17, 15) is 4.79 Å². The monoisotopic (exact) mass is 402 g/mol. The van der Waals surface area contributed by atoms with Crippen molar-refractivity contribution in [3.05, 3.63) is 53.2 Å². The highest BCUT2D eigenvalue weighted by Gasteiger charge is 2.22. The largest absolute Gasteiger partial charge is 0.497 e. The van der Waals surface area contributed by atoms with Crippen molar-refractivity contribution >= 4 is 29.5 Å². The van der Waals surface area contributed by atoms with Crippen LogP contribution >= 0.6 is 11.6 Å². The Morgan fingerprint density at radius 3 is 2.39 bits per heavy atom. The van der Waals surface area contributed by atoms with Crippen LogP contribution in [0.25, 0.3) is 6.08 Å². The van der Waals surface area contributed by atoms with Crippen molar-refractivity contribution in [2.45, 2.75) is 18.9 Å². The molecule has 1 aromatic carbocycles. The number of benzene rings is 1. The summed E-state index contributed by atoms with van der Waals surface area (Å²) in [6.07, 6.45) is 6.19. The number of ether oxygens (including phenoxy) is 3. The van der Waals surface area contributed by atoms with Crippen LogP contribution in [0.5, 0.6) is 11.5 Å². The van der Waals surface area contributed by atoms with E-state index in [2.05, 4.69) is 9.88 Å². The minimum absolute atomic E-state index is 0.0967. The summed E-state index contributed by atoms with van der Waals surface area (Å²) in [7, 11) is 3.17. The van der Waals surface area contributed by atoms with Crippen molar-refractivity contribution in [3.63, 3.8) is 0 Å². The van der Waals surface area contributed by atoms with E-state index in [-0.39, 0.29) is 12.1 Å². The quantitative estimate of drug-likeness (QED) is 0.538. The Balaban J connectivity index is 1.52. The van der Waals surface area contributed by atoms with Crippen LogP contribution in [0.4, 0.5) is 5.82 Å². The van der Waals surface area contributed by atoms with Gasteiger partial charge in [0.25, 0.3) is 0 Å². The molecule has 1 aliphatic rings. The van der Waals surface area contributed by atoms with E-state index in [1.165, 1.54) is 6.08 Å². The number of rotatable bonds is 6. The van der Waals surface area contributed by atoms with Crippen molar-refractivity contribution in [1.29, 1.82) is 0 Å². The lowest BCUT2D eigenvalue weighted by Crippen LogP contribution is -2.38. The predicted molar refractivity (Wildman–Crippen MR) is 109 cm³/mol. The van der Waals surface area contributed by atoms with Crippen LogP contribution in [0, 0.1) is 0 Å². The number of pyridine rings is 1. The van der Waals surface area contributed by atoms with Gasteiger partial charge in [-0.2, -0.15) is 0 Å². The molecular weight excluding hydrogens is 380 g/mol. The predicted octanol–water partition coefficient (Wildman–Crippen LogP) is 3.98. The molecule has 2 heterocycles. The second-order valence-electron chi connectivity index (χ2n) is 6.44. The van der Waals surface area contributed by atoms with Gasteiger partial charge in [-0.3, -0.25) is 0 Å². The number of piperidine rings is 1. The van der Waals surface area contributed by atoms with Gasteiger partial charge in [0, 0.05) is 44.3 Å². The zero-order chi connectivity index (χ0) is 19.9. The van der Waals surface area contributed by atoms with Crippen LogP contribution < -0.4 is 14.4 Å². The fourth-order valence-corrected chi connectivity index (χ4v) is 3.16. The molecule has 0 amide bonds. The van der Waals surface area contributed by atoms with Crippen LogP contribution in [0.3, 0.4) is 0 Å². The molecular formula is C21H23ClN2O4. The summed E-state index contributed by atoms with van der Waals surface area (Å²) in [5.74, 6) is 1.86. The molecule has 0 N–H and O–H groups in total. The van der Waals surface area contributed by atoms with Gasteiger partial charge >= 0.3 is 5.97 Å². The molecule has 6 nitrogen and oxygen atoms in total. The number of carbonyl (C=O) groups excluding carboxylic acids is 1. The van der Waals surface area contributed by atoms with E-state index in [0.29, 0.717) is 16.5 Å². The Bertz CT molecular complexity index is 809. The molecule has 0 unspecified atom stereocenters. The maximum Gasteiger partial charge on any atom is 0.331 e. The number of methoxy groups -OCH3 is 2.